The summed E-state index contributed by atoms with van der Waals surface area (Å²) in [5, 5.41) is 11.0. The predicted octanol–water partition coefficient (Wildman–Crippen LogP) is -0.270. The fraction of sp³-hybridized carbons (Fsp3) is 0.200. The normalized spacial score (nSPS) is 10.6. The molecular formula is C10H10N2O4. The molecule has 3 N–H and O–H groups in total. The van der Waals surface area contributed by atoms with Gasteiger partial charge in [-0.3, -0.25) is 9.78 Å². The molecule has 1 amide bonds. The number of aromatic amines is 1. The van der Waals surface area contributed by atoms with Crippen LogP contribution in [0.15, 0.2) is 27.4 Å². The minimum Gasteiger partial charge on any atom is -0.408 e. The second-order valence-corrected chi connectivity index (χ2v) is 3.28. The maximum Gasteiger partial charge on any atom is 0.417 e. The van der Waals surface area contributed by atoms with Crippen LogP contribution in [0.5, 0.6) is 0 Å². The highest BCUT2D eigenvalue weighted by Crippen LogP contribution is 2.11. The highest BCUT2D eigenvalue weighted by atomic mass is 16.4. The van der Waals surface area contributed by atoms with Gasteiger partial charge in [0, 0.05) is 6.54 Å². The number of H-pyrrole nitrogens is 1. The number of aliphatic hydroxyl groups excluding tert-OH is 1. The number of amides is 1. The Morgan fingerprint density at radius 1 is 1.50 bits per heavy atom. The molecule has 0 atom stereocenters. The minimum atomic E-state index is -0.540. The van der Waals surface area contributed by atoms with E-state index in [9.17, 15) is 9.59 Å². The number of aromatic nitrogens is 1. The van der Waals surface area contributed by atoms with Gasteiger partial charge < -0.3 is 14.8 Å². The topological polar surface area (TPSA) is 95.3 Å². The molecular weight excluding hydrogens is 212 g/mol. The zero-order valence-corrected chi connectivity index (χ0v) is 8.32. The number of benzene rings is 1. The number of hydrogen-bond donors (Lipinski definition) is 3. The van der Waals surface area contributed by atoms with E-state index in [4.69, 9.17) is 9.52 Å². The Kier molecular flexibility index (Phi) is 2.74. The third-order valence-corrected chi connectivity index (χ3v) is 2.12. The standard InChI is InChI=1S/C10H10N2O4/c13-5-9(14)11-4-6-1-2-7-8(3-6)16-10(15)12-7/h1-3,13H,4-5H2,(H,11,14)(H,12,15). The summed E-state index contributed by atoms with van der Waals surface area (Å²) in [5.41, 5.74) is 1.85. The van der Waals surface area contributed by atoms with E-state index in [1.807, 2.05) is 0 Å². The third-order valence-electron chi connectivity index (χ3n) is 2.12. The molecule has 0 unspecified atom stereocenters. The van der Waals surface area contributed by atoms with Crippen LogP contribution in [0.3, 0.4) is 0 Å². The monoisotopic (exact) mass is 222 g/mol. The lowest BCUT2D eigenvalue weighted by Gasteiger charge is -2.02. The number of carbonyl (C=O) groups is 1. The Balaban J connectivity index is 2.19. The fourth-order valence-corrected chi connectivity index (χ4v) is 1.36. The summed E-state index contributed by atoms with van der Waals surface area (Å²) < 4.78 is 4.87. The van der Waals surface area contributed by atoms with Crippen LogP contribution < -0.4 is 11.1 Å². The molecule has 1 aromatic heterocycles. The van der Waals surface area contributed by atoms with Crippen LogP contribution in [0.4, 0.5) is 0 Å². The molecule has 2 rings (SSSR count). The summed E-state index contributed by atoms with van der Waals surface area (Å²) in [5.74, 6) is -0.956. The molecule has 0 radical (unpaired) electrons. The summed E-state index contributed by atoms with van der Waals surface area (Å²) in [6.45, 7) is -0.258. The smallest absolute Gasteiger partial charge is 0.408 e. The summed E-state index contributed by atoms with van der Waals surface area (Å²) in [6.07, 6.45) is 0. The van der Waals surface area contributed by atoms with Crippen LogP contribution in [0, 0.1) is 0 Å². The van der Waals surface area contributed by atoms with Crippen LogP contribution in [-0.2, 0) is 11.3 Å². The maximum absolute atomic E-state index is 10.9. The first-order valence-electron chi connectivity index (χ1n) is 4.68. The van der Waals surface area contributed by atoms with E-state index < -0.39 is 18.3 Å². The quantitative estimate of drug-likeness (QED) is 0.666. The summed E-state index contributed by atoms with van der Waals surface area (Å²) >= 11 is 0. The summed E-state index contributed by atoms with van der Waals surface area (Å²) in [4.78, 5) is 24.2. The minimum absolute atomic E-state index is 0.282. The SMILES string of the molecule is O=C(CO)NCc1ccc2[nH]c(=O)oc2c1. The van der Waals surface area contributed by atoms with Crippen molar-refractivity contribution < 1.29 is 14.3 Å². The molecule has 0 spiro atoms. The van der Waals surface area contributed by atoms with E-state index in [-0.39, 0.29) is 6.54 Å². The lowest BCUT2D eigenvalue weighted by molar-refractivity contribution is -0.123. The average Bonchev–Trinajstić information content (AvgIpc) is 2.65. The van der Waals surface area contributed by atoms with Crippen molar-refractivity contribution in [1.82, 2.24) is 10.3 Å². The first-order valence-corrected chi connectivity index (χ1v) is 4.68. The van der Waals surface area contributed by atoms with Crippen molar-refractivity contribution in [1.29, 1.82) is 0 Å². The van der Waals surface area contributed by atoms with Gasteiger partial charge in [-0.15, -0.1) is 0 Å². The van der Waals surface area contributed by atoms with Crippen molar-refractivity contribution in [3.8, 4) is 0 Å². The number of aliphatic hydroxyl groups is 1. The lowest BCUT2D eigenvalue weighted by Crippen LogP contribution is -2.25. The molecule has 6 heteroatoms. The molecule has 0 aliphatic rings. The molecule has 0 aliphatic heterocycles. The Labute approximate surface area is 89.9 Å². The first-order chi connectivity index (χ1) is 7.69. The number of oxazole rings is 1. The van der Waals surface area contributed by atoms with E-state index in [1.165, 1.54) is 0 Å². The van der Waals surface area contributed by atoms with Crippen molar-refractivity contribution in [2.45, 2.75) is 6.54 Å². The number of fused-ring (bicyclic) bond motifs is 1. The van der Waals surface area contributed by atoms with Crippen LogP contribution in [0.1, 0.15) is 5.56 Å². The van der Waals surface area contributed by atoms with Gasteiger partial charge in [0.2, 0.25) is 5.91 Å². The Hall–Kier alpha value is -2.08. The molecule has 0 saturated heterocycles. The third kappa shape index (κ3) is 2.12. The van der Waals surface area contributed by atoms with Crippen LogP contribution >= 0.6 is 0 Å². The molecule has 0 bridgehead atoms. The molecule has 0 saturated carbocycles. The lowest BCUT2D eigenvalue weighted by atomic mass is 10.2. The van der Waals surface area contributed by atoms with Crippen molar-refractivity contribution in [2.24, 2.45) is 0 Å². The zero-order chi connectivity index (χ0) is 11.5. The van der Waals surface area contributed by atoms with Crippen molar-refractivity contribution in [2.75, 3.05) is 6.61 Å². The van der Waals surface area contributed by atoms with E-state index >= 15 is 0 Å². The molecule has 84 valence electrons. The molecule has 16 heavy (non-hydrogen) atoms. The first kappa shape index (κ1) is 10.4. The van der Waals surface area contributed by atoms with Gasteiger partial charge in [0.25, 0.3) is 0 Å². The van der Waals surface area contributed by atoms with E-state index in [0.29, 0.717) is 11.1 Å². The van der Waals surface area contributed by atoms with Gasteiger partial charge in [-0.2, -0.15) is 0 Å². The Morgan fingerprint density at radius 3 is 3.06 bits per heavy atom. The molecule has 0 aliphatic carbocycles. The summed E-state index contributed by atoms with van der Waals surface area (Å²) in [7, 11) is 0. The molecule has 2 aromatic rings. The van der Waals surface area contributed by atoms with Crippen molar-refractivity contribution in [3.63, 3.8) is 0 Å². The largest absolute Gasteiger partial charge is 0.417 e. The Morgan fingerprint density at radius 2 is 2.31 bits per heavy atom. The molecule has 6 nitrogen and oxygen atoms in total. The van der Waals surface area contributed by atoms with E-state index in [2.05, 4.69) is 10.3 Å². The van der Waals surface area contributed by atoms with Crippen molar-refractivity contribution in [3.05, 3.63) is 34.3 Å². The van der Waals surface area contributed by atoms with Gasteiger partial charge in [0.1, 0.15) is 6.61 Å². The van der Waals surface area contributed by atoms with Crippen LogP contribution in [-0.4, -0.2) is 22.6 Å². The number of rotatable bonds is 3. The van der Waals surface area contributed by atoms with E-state index in [0.717, 1.165) is 5.56 Å². The van der Waals surface area contributed by atoms with Gasteiger partial charge in [-0.05, 0) is 17.7 Å². The number of nitrogens with one attached hydrogen (secondary N) is 2. The van der Waals surface area contributed by atoms with Gasteiger partial charge in [-0.25, -0.2) is 4.79 Å². The molecule has 1 aromatic carbocycles. The summed E-state index contributed by atoms with van der Waals surface area (Å²) in [6, 6.07) is 5.11. The van der Waals surface area contributed by atoms with Gasteiger partial charge >= 0.3 is 5.76 Å². The molecule has 1 heterocycles. The number of carbonyl (C=O) groups excluding carboxylic acids is 1. The van der Waals surface area contributed by atoms with Crippen molar-refractivity contribution >= 4 is 17.0 Å². The van der Waals surface area contributed by atoms with Crippen LogP contribution in [0.2, 0.25) is 0 Å². The van der Waals surface area contributed by atoms with Gasteiger partial charge in [-0.1, -0.05) is 6.07 Å². The molecule has 0 fully saturated rings. The highest BCUT2D eigenvalue weighted by Gasteiger charge is 2.03. The van der Waals surface area contributed by atoms with Crippen LogP contribution in [0.25, 0.3) is 11.1 Å². The maximum atomic E-state index is 10.9. The van der Waals surface area contributed by atoms with Gasteiger partial charge in [0.05, 0.1) is 5.52 Å². The highest BCUT2D eigenvalue weighted by molar-refractivity contribution is 5.77. The Bertz CT molecular complexity index is 569. The zero-order valence-electron chi connectivity index (χ0n) is 8.32. The fourth-order valence-electron chi connectivity index (χ4n) is 1.36. The predicted molar refractivity (Wildman–Crippen MR) is 55.8 cm³/mol. The average molecular weight is 222 g/mol. The number of hydrogen-bond acceptors (Lipinski definition) is 4. The second kappa shape index (κ2) is 4.19. The van der Waals surface area contributed by atoms with Gasteiger partial charge in [0.15, 0.2) is 5.58 Å². The second-order valence-electron chi connectivity index (χ2n) is 3.28. The van der Waals surface area contributed by atoms with E-state index in [1.54, 1.807) is 18.2 Å².